The fourth-order valence-corrected chi connectivity index (χ4v) is 0. The molecule has 0 saturated carbocycles. The monoisotopic (exact) mass is 176 g/mol. The Labute approximate surface area is 59.7 Å². The van der Waals surface area contributed by atoms with Crippen LogP contribution in [0, 0.1) is 0 Å². The van der Waals surface area contributed by atoms with Gasteiger partial charge in [0.25, 0.3) is 0 Å². The highest BCUT2D eigenvalue weighted by molar-refractivity contribution is 4.77. The standard InChI is InChI=1S/C3H5FO.C2F4/c1-3(2)5-4;3-1(4)2(5)6/h1H2,2H3;. The molecule has 0 radical (unpaired) electrons. The first-order valence-electron chi connectivity index (χ1n) is 2.22. The Kier molecular flexibility index (Phi) is 8.06. The van der Waals surface area contributed by atoms with Crippen molar-refractivity contribution in [3.05, 3.63) is 24.5 Å². The van der Waals surface area contributed by atoms with Gasteiger partial charge in [-0.05, 0) is 6.92 Å². The normalized spacial score (nSPS) is 7.45. The van der Waals surface area contributed by atoms with Gasteiger partial charge in [0, 0.05) is 4.53 Å². The second kappa shape index (κ2) is 7.04. The van der Waals surface area contributed by atoms with Crippen LogP contribution in [0.25, 0.3) is 0 Å². The van der Waals surface area contributed by atoms with E-state index in [1.165, 1.54) is 6.92 Å². The second-order valence-electron chi connectivity index (χ2n) is 1.30. The Morgan fingerprint density at radius 1 is 1.09 bits per heavy atom. The predicted octanol–water partition coefficient (Wildman–Crippen LogP) is 3.41. The lowest BCUT2D eigenvalue weighted by Crippen LogP contribution is -1.63. The van der Waals surface area contributed by atoms with Crippen molar-refractivity contribution in [2.45, 2.75) is 6.92 Å². The highest BCUT2D eigenvalue weighted by Gasteiger charge is 1.98. The van der Waals surface area contributed by atoms with Crippen LogP contribution in [0.1, 0.15) is 6.92 Å². The smallest absolute Gasteiger partial charge is 0.300 e. The Bertz CT molecular complexity index is 135. The number of rotatable bonds is 1. The van der Waals surface area contributed by atoms with Gasteiger partial charge in [0.2, 0.25) is 0 Å². The first-order valence-corrected chi connectivity index (χ1v) is 2.22. The molecule has 0 bridgehead atoms. The SMILES string of the molecule is C=C(C)OF.FC(F)=C(F)F. The summed E-state index contributed by atoms with van der Waals surface area (Å²) in [5, 5.41) is 0. The van der Waals surface area contributed by atoms with Gasteiger partial charge in [0.1, 0.15) is 5.76 Å². The molecule has 1 nitrogen and oxygen atoms in total. The molecule has 0 spiro atoms. The molecule has 0 fully saturated rings. The van der Waals surface area contributed by atoms with E-state index >= 15 is 0 Å². The Balaban J connectivity index is 0. The minimum atomic E-state index is -2.91. The highest BCUT2D eigenvalue weighted by Crippen LogP contribution is 2.08. The minimum Gasteiger partial charge on any atom is -0.300 e. The first-order chi connectivity index (χ1) is 4.91. The fraction of sp³-hybridized carbons (Fsp3) is 0.200. The lowest BCUT2D eigenvalue weighted by atomic mass is 10.7. The summed E-state index contributed by atoms with van der Waals surface area (Å²) in [6.07, 6.45) is -5.81. The van der Waals surface area contributed by atoms with Crippen LogP contribution in [0.15, 0.2) is 24.5 Å². The molecule has 0 aliphatic heterocycles. The molecule has 0 aromatic carbocycles. The first kappa shape index (κ1) is 12.6. The summed E-state index contributed by atoms with van der Waals surface area (Å²) in [5.41, 5.74) is 0. The number of hydrogen-bond acceptors (Lipinski definition) is 1. The lowest BCUT2D eigenvalue weighted by Gasteiger charge is -1.79. The minimum absolute atomic E-state index is 0.0880. The zero-order valence-electron chi connectivity index (χ0n) is 5.51. The van der Waals surface area contributed by atoms with Crippen LogP contribution >= 0.6 is 0 Å². The number of hydrogen-bond donors (Lipinski definition) is 0. The molecule has 0 rings (SSSR count). The van der Waals surface area contributed by atoms with Gasteiger partial charge in [-0.1, -0.05) is 6.58 Å². The molecular weight excluding hydrogens is 171 g/mol. The van der Waals surface area contributed by atoms with Crippen molar-refractivity contribution in [3.63, 3.8) is 0 Å². The van der Waals surface area contributed by atoms with E-state index in [1.54, 1.807) is 0 Å². The van der Waals surface area contributed by atoms with Gasteiger partial charge in [0.05, 0.1) is 0 Å². The molecule has 0 aromatic rings. The van der Waals surface area contributed by atoms with Gasteiger partial charge >= 0.3 is 12.2 Å². The summed E-state index contributed by atoms with van der Waals surface area (Å²) in [5.74, 6) is 0.0880. The third-order valence-corrected chi connectivity index (χ3v) is 0.275. The molecule has 66 valence electrons. The van der Waals surface area contributed by atoms with E-state index in [1.807, 2.05) is 0 Å². The van der Waals surface area contributed by atoms with E-state index in [2.05, 4.69) is 11.5 Å². The Hall–Kier alpha value is -1.07. The van der Waals surface area contributed by atoms with Crippen LogP contribution in [0.5, 0.6) is 0 Å². The molecule has 0 heterocycles. The van der Waals surface area contributed by atoms with E-state index in [0.29, 0.717) is 0 Å². The Morgan fingerprint density at radius 2 is 1.27 bits per heavy atom. The van der Waals surface area contributed by atoms with Crippen molar-refractivity contribution in [1.82, 2.24) is 0 Å². The molecule has 0 aromatic heterocycles. The summed E-state index contributed by atoms with van der Waals surface area (Å²) < 4.78 is 51.7. The zero-order chi connectivity index (χ0) is 9.44. The third kappa shape index (κ3) is 17.6. The van der Waals surface area contributed by atoms with E-state index in [-0.39, 0.29) is 5.76 Å². The van der Waals surface area contributed by atoms with Crippen molar-refractivity contribution < 1.29 is 27.0 Å². The Morgan fingerprint density at radius 3 is 1.27 bits per heavy atom. The summed E-state index contributed by atoms with van der Waals surface area (Å²) >= 11 is 0. The fourth-order valence-electron chi connectivity index (χ4n) is 0. The maximum Gasteiger partial charge on any atom is 0.334 e. The molecule has 0 unspecified atom stereocenters. The van der Waals surface area contributed by atoms with Gasteiger partial charge in [-0.2, -0.15) is 17.6 Å². The average molecular weight is 176 g/mol. The van der Waals surface area contributed by atoms with Gasteiger partial charge in [-0.3, -0.25) is 4.94 Å². The summed E-state index contributed by atoms with van der Waals surface area (Å²) in [4.78, 5) is 3.06. The van der Waals surface area contributed by atoms with Gasteiger partial charge in [0.15, 0.2) is 0 Å². The highest BCUT2D eigenvalue weighted by atomic mass is 19.3. The molecule has 0 saturated heterocycles. The van der Waals surface area contributed by atoms with Crippen LogP contribution in [0.4, 0.5) is 22.1 Å². The van der Waals surface area contributed by atoms with Crippen molar-refractivity contribution >= 4 is 0 Å². The van der Waals surface area contributed by atoms with Crippen LogP contribution in [0.2, 0.25) is 0 Å². The van der Waals surface area contributed by atoms with Crippen molar-refractivity contribution in [2.24, 2.45) is 0 Å². The maximum atomic E-state index is 10.5. The van der Waals surface area contributed by atoms with Crippen molar-refractivity contribution in [2.75, 3.05) is 0 Å². The van der Waals surface area contributed by atoms with E-state index < -0.39 is 12.2 Å². The zero-order valence-corrected chi connectivity index (χ0v) is 5.51. The third-order valence-electron chi connectivity index (χ3n) is 0.275. The molecular formula is C5H5F5O. The van der Waals surface area contributed by atoms with E-state index in [4.69, 9.17) is 0 Å². The van der Waals surface area contributed by atoms with E-state index in [0.717, 1.165) is 0 Å². The quantitative estimate of drug-likeness (QED) is 0.439. The predicted molar refractivity (Wildman–Crippen MR) is 28.5 cm³/mol. The van der Waals surface area contributed by atoms with Crippen molar-refractivity contribution in [1.29, 1.82) is 0 Å². The van der Waals surface area contributed by atoms with Crippen LogP contribution in [-0.2, 0) is 4.94 Å². The van der Waals surface area contributed by atoms with Gasteiger partial charge in [-0.25, -0.2) is 0 Å². The van der Waals surface area contributed by atoms with Crippen molar-refractivity contribution in [3.8, 4) is 0 Å². The summed E-state index contributed by atoms with van der Waals surface area (Å²) in [7, 11) is 0. The number of halogens is 5. The van der Waals surface area contributed by atoms with Crippen LogP contribution < -0.4 is 0 Å². The molecule has 0 aliphatic rings. The molecule has 0 N–H and O–H groups in total. The van der Waals surface area contributed by atoms with Crippen LogP contribution in [0.3, 0.4) is 0 Å². The largest absolute Gasteiger partial charge is 0.334 e. The maximum absolute atomic E-state index is 10.5. The molecule has 0 atom stereocenters. The topological polar surface area (TPSA) is 9.23 Å². The molecule has 11 heavy (non-hydrogen) atoms. The van der Waals surface area contributed by atoms with Gasteiger partial charge in [-0.15, -0.1) is 0 Å². The molecule has 6 heteroatoms. The lowest BCUT2D eigenvalue weighted by molar-refractivity contribution is -0.0812. The average Bonchev–Trinajstić information content (AvgIpc) is 1.89. The van der Waals surface area contributed by atoms with E-state index in [9.17, 15) is 22.1 Å². The molecule has 0 amide bonds. The second-order valence-corrected chi connectivity index (χ2v) is 1.30. The summed E-state index contributed by atoms with van der Waals surface area (Å²) in [6.45, 7) is 4.51. The molecule has 0 aliphatic carbocycles. The van der Waals surface area contributed by atoms with Crippen LogP contribution in [-0.4, -0.2) is 0 Å². The summed E-state index contributed by atoms with van der Waals surface area (Å²) in [6, 6.07) is 0. The van der Waals surface area contributed by atoms with Gasteiger partial charge < -0.3 is 0 Å². The number of allylic oxidation sites excluding steroid dienone is 1.